The lowest BCUT2D eigenvalue weighted by atomic mass is 9.96. The molecule has 23 heavy (non-hydrogen) atoms. The number of carbonyl (C=O) groups excluding carboxylic acids is 1. The van der Waals surface area contributed by atoms with Crippen LogP contribution in [0.3, 0.4) is 0 Å². The quantitative estimate of drug-likeness (QED) is 0.834. The Labute approximate surface area is 139 Å². The van der Waals surface area contributed by atoms with Crippen LogP contribution in [0.2, 0.25) is 0 Å². The lowest BCUT2D eigenvalue weighted by Gasteiger charge is -2.16. The third-order valence-electron chi connectivity index (χ3n) is 5.35. The van der Waals surface area contributed by atoms with Gasteiger partial charge in [-0.3, -0.25) is 9.79 Å². The standard InChI is InChI=1S/C19H25N3O.H2/c1-12-3-8-15(11-16(12)17(20)9-10-21-2)22-19(23)18-13-4-5-14(18)7-6-13;/h3,8-11,13-14,18H,4-7,20H2,1-2H3,(H,22,23);1H/b17-9-,21-10?;. The van der Waals surface area contributed by atoms with Crippen LogP contribution in [0.4, 0.5) is 5.69 Å². The third kappa shape index (κ3) is 3.16. The van der Waals surface area contributed by atoms with Crippen LogP contribution in [0.25, 0.3) is 5.70 Å². The summed E-state index contributed by atoms with van der Waals surface area (Å²) in [6.07, 6.45) is 8.32. The number of aryl methyl sites for hydroxylation is 1. The molecule has 124 valence electrons. The van der Waals surface area contributed by atoms with Gasteiger partial charge in [-0.1, -0.05) is 6.07 Å². The van der Waals surface area contributed by atoms with Crippen LogP contribution in [-0.4, -0.2) is 19.2 Å². The summed E-state index contributed by atoms with van der Waals surface area (Å²) in [6, 6.07) is 5.91. The number of amides is 1. The molecule has 0 aliphatic heterocycles. The molecule has 0 spiro atoms. The van der Waals surface area contributed by atoms with Gasteiger partial charge in [-0.05, 0) is 68.2 Å². The highest BCUT2D eigenvalue weighted by atomic mass is 16.1. The zero-order chi connectivity index (χ0) is 16.4. The zero-order valence-electron chi connectivity index (χ0n) is 13.9. The predicted octanol–water partition coefficient (Wildman–Crippen LogP) is 3.62. The molecule has 4 nitrogen and oxygen atoms in total. The highest BCUT2D eigenvalue weighted by Gasteiger charge is 2.45. The fourth-order valence-electron chi connectivity index (χ4n) is 4.16. The Morgan fingerprint density at radius 2 is 1.96 bits per heavy atom. The molecule has 2 saturated carbocycles. The van der Waals surface area contributed by atoms with Crippen LogP contribution < -0.4 is 11.1 Å². The number of hydrogen-bond donors (Lipinski definition) is 2. The van der Waals surface area contributed by atoms with Crippen molar-refractivity contribution < 1.29 is 6.22 Å². The molecule has 2 fully saturated rings. The van der Waals surface area contributed by atoms with E-state index in [1.54, 1.807) is 19.3 Å². The number of allylic oxidation sites excluding steroid dienone is 1. The van der Waals surface area contributed by atoms with Gasteiger partial charge in [0.05, 0.1) is 0 Å². The molecule has 2 aliphatic carbocycles. The molecule has 0 aromatic heterocycles. The number of rotatable bonds is 4. The number of carbonyl (C=O) groups is 1. The molecule has 0 unspecified atom stereocenters. The highest BCUT2D eigenvalue weighted by Crippen LogP contribution is 2.49. The molecule has 2 aliphatic rings. The van der Waals surface area contributed by atoms with Crippen LogP contribution in [0.15, 0.2) is 29.3 Å². The molecule has 2 bridgehead atoms. The molecule has 0 heterocycles. The predicted molar refractivity (Wildman–Crippen MR) is 97.4 cm³/mol. The molecular formula is C19H27N3O. The van der Waals surface area contributed by atoms with E-state index >= 15 is 0 Å². The van der Waals surface area contributed by atoms with Crippen LogP contribution in [0, 0.1) is 24.7 Å². The van der Waals surface area contributed by atoms with Gasteiger partial charge in [0.15, 0.2) is 0 Å². The third-order valence-corrected chi connectivity index (χ3v) is 5.35. The maximum absolute atomic E-state index is 12.6. The van der Waals surface area contributed by atoms with Crippen molar-refractivity contribution in [3.8, 4) is 0 Å². The average Bonchev–Trinajstić information content (AvgIpc) is 3.14. The normalized spacial score (nSPS) is 26.9. The van der Waals surface area contributed by atoms with Gasteiger partial charge in [0, 0.05) is 37.6 Å². The van der Waals surface area contributed by atoms with Crippen LogP contribution >= 0.6 is 0 Å². The first kappa shape index (κ1) is 15.8. The molecular weight excluding hydrogens is 286 g/mol. The van der Waals surface area contributed by atoms with Gasteiger partial charge in [-0.15, -0.1) is 0 Å². The van der Waals surface area contributed by atoms with Gasteiger partial charge in [-0.25, -0.2) is 0 Å². The first-order valence-electron chi connectivity index (χ1n) is 8.40. The van der Waals surface area contributed by atoms with Crippen molar-refractivity contribution in [3.05, 3.63) is 35.4 Å². The Morgan fingerprint density at radius 1 is 1.30 bits per heavy atom. The van der Waals surface area contributed by atoms with Crippen LogP contribution in [0.5, 0.6) is 0 Å². The summed E-state index contributed by atoms with van der Waals surface area (Å²) < 4.78 is 0. The molecule has 0 atom stereocenters. The van der Waals surface area contributed by atoms with E-state index in [-0.39, 0.29) is 13.3 Å². The summed E-state index contributed by atoms with van der Waals surface area (Å²) in [7, 11) is 1.71. The monoisotopic (exact) mass is 313 g/mol. The zero-order valence-corrected chi connectivity index (χ0v) is 13.9. The number of nitrogens with two attached hydrogens (primary N) is 1. The van der Waals surface area contributed by atoms with E-state index < -0.39 is 0 Å². The Bertz CT molecular complexity index is 649. The second-order valence-electron chi connectivity index (χ2n) is 6.75. The summed E-state index contributed by atoms with van der Waals surface area (Å²) in [5.41, 5.74) is 9.63. The Morgan fingerprint density at radius 3 is 2.57 bits per heavy atom. The van der Waals surface area contributed by atoms with Gasteiger partial charge in [-0.2, -0.15) is 0 Å². The van der Waals surface area contributed by atoms with Gasteiger partial charge in [0.2, 0.25) is 5.91 Å². The smallest absolute Gasteiger partial charge is 0.228 e. The number of fused-ring (bicyclic) bond motifs is 2. The Kier molecular flexibility index (Phi) is 4.51. The van der Waals surface area contributed by atoms with E-state index in [2.05, 4.69) is 10.3 Å². The minimum atomic E-state index is 0. The van der Waals surface area contributed by atoms with Crippen LogP contribution in [-0.2, 0) is 4.79 Å². The summed E-state index contributed by atoms with van der Waals surface area (Å²) in [5.74, 6) is 1.58. The second-order valence-corrected chi connectivity index (χ2v) is 6.75. The van der Waals surface area contributed by atoms with Crippen molar-refractivity contribution in [2.45, 2.75) is 32.6 Å². The molecule has 1 aromatic rings. The molecule has 1 amide bonds. The lowest BCUT2D eigenvalue weighted by Crippen LogP contribution is -2.26. The molecule has 0 saturated heterocycles. The van der Waals surface area contributed by atoms with Gasteiger partial charge in [0.1, 0.15) is 0 Å². The van der Waals surface area contributed by atoms with Crippen molar-refractivity contribution in [2.75, 3.05) is 12.4 Å². The van der Waals surface area contributed by atoms with Gasteiger partial charge < -0.3 is 11.1 Å². The average molecular weight is 313 g/mol. The second kappa shape index (κ2) is 6.57. The van der Waals surface area contributed by atoms with Crippen molar-refractivity contribution >= 4 is 23.5 Å². The maximum atomic E-state index is 12.6. The topological polar surface area (TPSA) is 67.5 Å². The number of nitrogens with zero attached hydrogens (tertiary/aromatic N) is 1. The highest BCUT2D eigenvalue weighted by molar-refractivity contribution is 5.94. The van der Waals surface area contributed by atoms with E-state index in [1.807, 2.05) is 25.1 Å². The molecule has 3 N–H and O–H groups in total. The number of nitrogens with one attached hydrogen (secondary N) is 1. The fraction of sp³-hybridized carbons (Fsp3) is 0.474. The molecule has 1 aromatic carbocycles. The van der Waals surface area contributed by atoms with Gasteiger partial charge >= 0.3 is 0 Å². The van der Waals surface area contributed by atoms with E-state index in [1.165, 1.54) is 25.7 Å². The van der Waals surface area contributed by atoms with Crippen molar-refractivity contribution in [3.63, 3.8) is 0 Å². The minimum Gasteiger partial charge on any atom is -0.398 e. The number of benzene rings is 1. The Balaban J connectivity index is 0.00000208. The minimum absolute atomic E-state index is 0. The van der Waals surface area contributed by atoms with Crippen LogP contribution in [0.1, 0.15) is 38.2 Å². The molecule has 0 radical (unpaired) electrons. The molecule has 4 heteroatoms. The summed E-state index contributed by atoms with van der Waals surface area (Å²) in [6.45, 7) is 2.02. The largest absolute Gasteiger partial charge is 0.398 e. The SMILES string of the molecule is CN=C/C=C(\N)c1cc(NC(=O)C2C3CCC2CC3)ccc1C.[HH]. The van der Waals surface area contributed by atoms with E-state index in [4.69, 9.17) is 5.73 Å². The Hall–Kier alpha value is -2.10. The fourth-order valence-corrected chi connectivity index (χ4v) is 4.16. The number of anilines is 1. The first-order chi connectivity index (χ1) is 11.1. The van der Waals surface area contributed by atoms with Crippen molar-refractivity contribution in [1.29, 1.82) is 0 Å². The van der Waals surface area contributed by atoms with E-state index in [0.29, 0.717) is 17.5 Å². The van der Waals surface area contributed by atoms with Gasteiger partial charge in [0.25, 0.3) is 0 Å². The van der Waals surface area contributed by atoms with Crippen molar-refractivity contribution in [1.82, 2.24) is 0 Å². The number of hydrogen-bond acceptors (Lipinski definition) is 3. The number of aliphatic imine (C=N–C) groups is 1. The first-order valence-corrected chi connectivity index (χ1v) is 8.40. The van der Waals surface area contributed by atoms with E-state index in [9.17, 15) is 4.79 Å². The summed E-state index contributed by atoms with van der Waals surface area (Å²) >= 11 is 0. The van der Waals surface area contributed by atoms with E-state index in [0.717, 1.165) is 16.8 Å². The van der Waals surface area contributed by atoms with Crippen molar-refractivity contribution in [2.24, 2.45) is 28.5 Å². The summed E-state index contributed by atoms with van der Waals surface area (Å²) in [5, 5.41) is 3.11. The maximum Gasteiger partial charge on any atom is 0.228 e. The summed E-state index contributed by atoms with van der Waals surface area (Å²) in [4.78, 5) is 16.6. The molecule has 3 rings (SSSR count). The lowest BCUT2D eigenvalue weighted by molar-refractivity contribution is -0.121.